The molecule has 0 spiro atoms. The molecule has 0 radical (unpaired) electrons. The molecule has 0 nitrogen and oxygen atoms in total. The van der Waals surface area contributed by atoms with Crippen molar-refractivity contribution in [2.24, 2.45) is 0 Å². The molecule has 0 bridgehead atoms. The average molecular weight is 433 g/mol. The van der Waals surface area contributed by atoms with Gasteiger partial charge in [0.05, 0.1) is 0 Å². The van der Waals surface area contributed by atoms with Crippen LogP contribution in [0.2, 0.25) is 9.26 Å². The summed E-state index contributed by atoms with van der Waals surface area (Å²) in [6.45, 7) is 6.91. The van der Waals surface area contributed by atoms with Gasteiger partial charge in [0.15, 0.2) is 0 Å². The van der Waals surface area contributed by atoms with Crippen LogP contribution < -0.4 is 0 Å². The molecule has 0 heterocycles. The molecule has 3 rings (SSSR count). The second-order valence-corrected chi connectivity index (χ2v) is 37.4. The van der Waals surface area contributed by atoms with Crippen LogP contribution in [-0.4, -0.2) is 6.88 Å². The maximum Gasteiger partial charge on any atom is -0.147 e. The van der Waals surface area contributed by atoms with Crippen LogP contribution in [0.15, 0.2) is 51.3 Å². The molecular formula is C18H26Cl2SiZr. The fourth-order valence-electron chi connectivity index (χ4n) is 3.75. The molecule has 0 saturated carbocycles. The smallest absolute Gasteiger partial charge is 0.147 e. The molecule has 2 aliphatic rings. The van der Waals surface area contributed by atoms with Crippen molar-refractivity contribution in [3.8, 4) is 0 Å². The van der Waals surface area contributed by atoms with Gasteiger partial charge in [-0.3, -0.25) is 0 Å². The number of hydrogen-bond acceptors (Lipinski definition) is 0. The van der Waals surface area contributed by atoms with Gasteiger partial charge < -0.3 is 0 Å². The summed E-state index contributed by atoms with van der Waals surface area (Å²) in [5.74, 6) is 0. The molecule has 1 unspecified atom stereocenters. The first-order valence-electron chi connectivity index (χ1n) is 7.50. The van der Waals surface area contributed by atoms with Gasteiger partial charge in [-0.1, -0.05) is 0 Å². The maximum atomic E-state index is 2.63. The van der Waals surface area contributed by atoms with Crippen LogP contribution >= 0.6 is 24.8 Å². The summed E-state index contributed by atoms with van der Waals surface area (Å²) >= 11 is -2.91. The Labute approximate surface area is 149 Å². The van der Waals surface area contributed by atoms with Crippen molar-refractivity contribution in [2.75, 3.05) is 0 Å². The van der Waals surface area contributed by atoms with Gasteiger partial charge in [0.1, 0.15) is 0 Å². The van der Waals surface area contributed by atoms with Gasteiger partial charge in [0, 0.05) is 0 Å². The van der Waals surface area contributed by atoms with Crippen molar-refractivity contribution in [3.63, 3.8) is 0 Å². The number of halogens is 2. The van der Waals surface area contributed by atoms with Crippen LogP contribution in [-0.2, 0) is 17.4 Å². The normalized spacial score (nSPS) is 20.2. The molecule has 0 aliphatic heterocycles. The Morgan fingerprint density at radius 3 is 2.27 bits per heavy atom. The summed E-state index contributed by atoms with van der Waals surface area (Å²) in [7, 11) is 0. The SMILES string of the molecule is CC1=CC=[C]([Zr]([CH3])([CH3])(=[SiH2])[CH]2C=C(C)c3ccccc32)C1.Cl.Cl. The van der Waals surface area contributed by atoms with Crippen molar-refractivity contribution in [1.29, 1.82) is 0 Å². The summed E-state index contributed by atoms with van der Waals surface area (Å²) in [5.41, 5.74) is 6.07. The quantitative estimate of drug-likeness (QED) is 0.537. The van der Waals surface area contributed by atoms with E-state index < -0.39 is 17.4 Å². The third-order valence-corrected chi connectivity index (χ3v) is 22.6. The standard InChI is InChI=1S/C10H9.C6H7.2CH3.2ClH.H2Si.Zr/c1-8-6-7-9-4-2-3-5-10(8)9;1-6-4-2-3-5-6;;;;;;/h2-7H,1H3;2,4H,5H2,1H3;2*1H3;2*1H;1H2;. The van der Waals surface area contributed by atoms with E-state index in [9.17, 15) is 0 Å². The second-order valence-electron chi connectivity index (χ2n) is 7.61. The van der Waals surface area contributed by atoms with Crippen LogP contribution in [0.3, 0.4) is 0 Å². The Kier molecular flexibility index (Phi) is 6.01. The van der Waals surface area contributed by atoms with Gasteiger partial charge in [0.25, 0.3) is 0 Å². The maximum absolute atomic E-state index is 2.91. The molecule has 0 saturated heterocycles. The Morgan fingerprint density at radius 1 is 1.05 bits per heavy atom. The Bertz CT molecular complexity index is 750. The van der Waals surface area contributed by atoms with E-state index in [0.29, 0.717) is 3.63 Å². The summed E-state index contributed by atoms with van der Waals surface area (Å²) in [6.07, 6.45) is 8.56. The molecule has 22 heavy (non-hydrogen) atoms. The van der Waals surface area contributed by atoms with Gasteiger partial charge in [0.2, 0.25) is 0 Å². The minimum atomic E-state index is -2.91. The van der Waals surface area contributed by atoms with Crippen LogP contribution in [0.5, 0.6) is 0 Å². The molecule has 0 amide bonds. The zero-order valence-corrected chi connectivity index (χ0v) is 19.4. The van der Waals surface area contributed by atoms with Crippen molar-refractivity contribution in [3.05, 3.63) is 62.5 Å². The zero-order chi connectivity index (χ0) is 14.6. The fourth-order valence-corrected chi connectivity index (χ4v) is 16.8. The topological polar surface area (TPSA) is 0 Å². The van der Waals surface area contributed by atoms with Gasteiger partial charge in [-0.2, -0.15) is 0 Å². The minimum Gasteiger partial charge on any atom is -0.147 e. The molecule has 0 fully saturated rings. The molecule has 120 valence electrons. The summed E-state index contributed by atoms with van der Waals surface area (Å²) in [5, 5.41) is 0. The van der Waals surface area contributed by atoms with Crippen LogP contribution in [0.25, 0.3) is 5.57 Å². The van der Waals surface area contributed by atoms with Gasteiger partial charge >= 0.3 is 125 Å². The molecule has 0 aromatic heterocycles. The van der Waals surface area contributed by atoms with Crippen LogP contribution in [0, 0.1) is 0 Å². The van der Waals surface area contributed by atoms with E-state index in [1.54, 1.807) is 8.84 Å². The van der Waals surface area contributed by atoms with Gasteiger partial charge in [-0.15, -0.1) is 24.8 Å². The molecule has 0 N–H and O–H groups in total. The molecule has 1 atom stereocenters. The number of benzene rings is 1. The Balaban J connectivity index is 0.00000121. The second kappa shape index (κ2) is 6.55. The first kappa shape index (κ1) is 20.2. The van der Waals surface area contributed by atoms with Crippen LogP contribution in [0.4, 0.5) is 0 Å². The molecular weight excluding hydrogens is 406 g/mol. The van der Waals surface area contributed by atoms with E-state index in [0.717, 1.165) is 0 Å². The monoisotopic (exact) mass is 430 g/mol. The summed E-state index contributed by atoms with van der Waals surface area (Å²) in [6, 6.07) is 9.03. The van der Waals surface area contributed by atoms with Crippen molar-refractivity contribution < 1.29 is 17.4 Å². The molecule has 2 aliphatic carbocycles. The van der Waals surface area contributed by atoms with Gasteiger partial charge in [-0.05, 0) is 0 Å². The number of fused-ring (bicyclic) bond motifs is 1. The molecule has 4 heteroatoms. The van der Waals surface area contributed by atoms with E-state index >= 15 is 0 Å². The van der Waals surface area contributed by atoms with E-state index in [-0.39, 0.29) is 24.8 Å². The fraction of sp³-hybridized carbons (Fsp3) is 0.333. The van der Waals surface area contributed by atoms with E-state index in [2.05, 4.69) is 72.5 Å². The number of hydrogen-bond donors (Lipinski definition) is 0. The first-order chi connectivity index (χ1) is 9.28. The van der Waals surface area contributed by atoms with Crippen molar-refractivity contribution >= 4 is 37.3 Å². The largest absolute Gasteiger partial charge is 0.147 e. The van der Waals surface area contributed by atoms with E-state index in [1.807, 2.05) is 0 Å². The van der Waals surface area contributed by atoms with Gasteiger partial charge in [-0.25, -0.2) is 0 Å². The number of rotatable bonds is 2. The first-order valence-corrected chi connectivity index (χ1v) is 21.0. The van der Waals surface area contributed by atoms with E-state index in [1.165, 1.54) is 23.1 Å². The third kappa shape index (κ3) is 3.18. The summed E-state index contributed by atoms with van der Waals surface area (Å²) in [4.78, 5) is 0. The Morgan fingerprint density at radius 2 is 1.68 bits per heavy atom. The Hall–Kier alpha value is 0.120. The average Bonchev–Trinajstić information content (AvgIpc) is 2.95. The van der Waals surface area contributed by atoms with Crippen LogP contribution in [0.1, 0.15) is 35.0 Å². The van der Waals surface area contributed by atoms with Crippen molar-refractivity contribution in [1.82, 2.24) is 0 Å². The minimum absolute atomic E-state index is 0. The molecule has 1 aromatic rings. The number of allylic oxidation sites excluding steroid dienone is 6. The summed E-state index contributed by atoms with van der Waals surface area (Å²) < 4.78 is 7.72. The van der Waals surface area contributed by atoms with Crippen molar-refractivity contribution in [2.45, 2.75) is 33.2 Å². The molecule has 1 aromatic carbocycles. The zero-order valence-electron chi connectivity index (χ0n) is 13.8. The predicted octanol–water partition coefficient (Wildman–Crippen LogP) is 5.56. The van der Waals surface area contributed by atoms with E-state index in [4.69, 9.17) is 0 Å². The third-order valence-electron chi connectivity index (χ3n) is 5.23. The predicted molar refractivity (Wildman–Crippen MR) is 104 cm³/mol.